The maximum absolute atomic E-state index is 2.89. The predicted octanol–water partition coefficient (Wildman–Crippen LogP) is 5.46. The molecule has 0 heterocycles. The average Bonchev–Trinajstić information content (AvgIpc) is 2.51. The molecule has 2 aromatic carbocycles. The summed E-state index contributed by atoms with van der Waals surface area (Å²) >= 11 is 0. The summed E-state index contributed by atoms with van der Waals surface area (Å²) in [6.07, 6.45) is 14.5. The number of rotatable bonds is 0. The predicted molar refractivity (Wildman–Crippen MR) is 87.0 cm³/mol. The maximum Gasteiger partial charge on any atom is 0 e. The van der Waals surface area contributed by atoms with Crippen LogP contribution in [0.15, 0.2) is 85.0 Å². The molecule has 0 saturated heterocycles. The van der Waals surface area contributed by atoms with Gasteiger partial charge in [-0.25, -0.2) is 18.6 Å². The van der Waals surface area contributed by atoms with Crippen LogP contribution in [0, 0.1) is 18.6 Å². The Morgan fingerprint density at radius 1 is 0.619 bits per heavy atom. The first-order valence-corrected chi connectivity index (χ1v) is 6.95. The van der Waals surface area contributed by atoms with Crippen LogP contribution in [0.1, 0.15) is 19.3 Å². The van der Waals surface area contributed by atoms with Crippen LogP contribution in [0.2, 0.25) is 0 Å². The van der Waals surface area contributed by atoms with E-state index in [4.69, 9.17) is 0 Å². The molecule has 2 aromatic rings. The van der Waals surface area contributed by atoms with Crippen molar-refractivity contribution in [3.63, 3.8) is 0 Å². The SMILES string of the molecule is C1=CCCC=CC[CH-]1.[Pt].[c-]1ccccc1.[c-]1ccccc1. The van der Waals surface area contributed by atoms with Crippen molar-refractivity contribution in [3.05, 3.63) is 104 Å². The van der Waals surface area contributed by atoms with Crippen molar-refractivity contribution in [2.75, 3.05) is 0 Å². The molecule has 0 unspecified atom stereocenters. The zero-order valence-electron chi connectivity index (χ0n) is 12.1. The second kappa shape index (κ2) is 16.5. The number of allylic oxidation sites excluding steroid dienone is 4. The molecule has 0 aromatic heterocycles. The number of benzene rings is 2. The van der Waals surface area contributed by atoms with E-state index in [-0.39, 0.29) is 21.1 Å². The first-order valence-electron chi connectivity index (χ1n) is 6.95. The van der Waals surface area contributed by atoms with Gasteiger partial charge < -0.3 is 0 Å². The monoisotopic (exact) mass is 456 g/mol. The molecule has 0 saturated carbocycles. The van der Waals surface area contributed by atoms with E-state index in [1.165, 1.54) is 12.8 Å². The van der Waals surface area contributed by atoms with E-state index >= 15 is 0 Å². The third kappa shape index (κ3) is 14.7. The Kier molecular flexibility index (Phi) is 15.3. The van der Waals surface area contributed by atoms with Crippen LogP contribution < -0.4 is 0 Å². The van der Waals surface area contributed by atoms with E-state index in [1.807, 2.05) is 60.7 Å². The van der Waals surface area contributed by atoms with Crippen LogP contribution in [0.25, 0.3) is 0 Å². The molecule has 0 bridgehead atoms. The second-order valence-corrected chi connectivity index (χ2v) is 4.10. The van der Waals surface area contributed by atoms with Crippen molar-refractivity contribution >= 4 is 0 Å². The number of hydrogen-bond acceptors (Lipinski definition) is 0. The minimum Gasteiger partial charge on any atom is -0.232 e. The molecule has 0 amide bonds. The van der Waals surface area contributed by atoms with Gasteiger partial charge in [0.2, 0.25) is 0 Å². The molecule has 1 aliphatic rings. The average molecular weight is 456 g/mol. The van der Waals surface area contributed by atoms with Crippen molar-refractivity contribution in [1.29, 1.82) is 0 Å². The van der Waals surface area contributed by atoms with Gasteiger partial charge in [0.25, 0.3) is 0 Å². The number of hydrogen-bond donors (Lipinski definition) is 0. The van der Waals surface area contributed by atoms with Gasteiger partial charge in [-0.3, -0.25) is 0 Å². The zero-order valence-corrected chi connectivity index (χ0v) is 14.4. The summed E-state index contributed by atoms with van der Waals surface area (Å²) in [4.78, 5) is 0. The van der Waals surface area contributed by atoms with Crippen LogP contribution in [-0.4, -0.2) is 0 Å². The standard InChI is InChI=1S/C8H11.2C6H5.Pt/c1-2-4-6-8-7-5-3-1;2*1-2-4-6-5-3-1;/h1-3,6,8H,4-5,7H2;2*1-5H;/q3*-1;. The van der Waals surface area contributed by atoms with Crippen LogP contribution in [0.4, 0.5) is 0 Å². The molecule has 3 rings (SSSR count). The summed E-state index contributed by atoms with van der Waals surface area (Å²) in [5.41, 5.74) is 0. The molecule has 114 valence electrons. The maximum atomic E-state index is 2.89. The molecular formula is C20H21Pt-3. The minimum atomic E-state index is 0. The topological polar surface area (TPSA) is 0 Å². The van der Waals surface area contributed by atoms with Gasteiger partial charge in [0.1, 0.15) is 0 Å². The van der Waals surface area contributed by atoms with Gasteiger partial charge >= 0.3 is 0 Å². The molecule has 0 aliphatic heterocycles. The second-order valence-electron chi connectivity index (χ2n) is 4.10. The molecule has 1 heteroatoms. The Hall–Kier alpha value is -1.52. The summed E-state index contributed by atoms with van der Waals surface area (Å²) in [6, 6.07) is 25.0. The van der Waals surface area contributed by atoms with Gasteiger partial charge in [0.15, 0.2) is 0 Å². The van der Waals surface area contributed by atoms with Crippen LogP contribution in [0.3, 0.4) is 0 Å². The van der Waals surface area contributed by atoms with Gasteiger partial charge in [-0.1, -0.05) is 18.9 Å². The summed E-state index contributed by atoms with van der Waals surface area (Å²) in [7, 11) is 0. The van der Waals surface area contributed by atoms with E-state index in [0.29, 0.717) is 0 Å². The van der Waals surface area contributed by atoms with Gasteiger partial charge in [0, 0.05) is 21.1 Å². The third-order valence-corrected chi connectivity index (χ3v) is 2.43. The fourth-order valence-corrected chi connectivity index (χ4v) is 1.44. The van der Waals surface area contributed by atoms with E-state index in [0.717, 1.165) is 6.42 Å². The Morgan fingerprint density at radius 3 is 1.57 bits per heavy atom. The molecule has 0 spiro atoms. The molecule has 0 fully saturated rings. The summed E-state index contributed by atoms with van der Waals surface area (Å²) in [5.74, 6) is 0. The molecule has 0 radical (unpaired) electrons. The fourth-order valence-electron chi connectivity index (χ4n) is 1.44. The Bertz CT molecular complexity index is 335. The first-order chi connectivity index (χ1) is 10.0. The molecular weight excluding hydrogens is 435 g/mol. The first kappa shape index (κ1) is 19.5. The van der Waals surface area contributed by atoms with Gasteiger partial charge in [0.05, 0.1) is 0 Å². The smallest absolute Gasteiger partial charge is 0 e. The molecule has 0 N–H and O–H groups in total. The van der Waals surface area contributed by atoms with E-state index in [1.54, 1.807) is 0 Å². The van der Waals surface area contributed by atoms with E-state index < -0.39 is 0 Å². The van der Waals surface area contributed by atoms with E-state index in [9.17, 15) is 0 Å². The van der Waals surface area contributed by atoms with Crippen molar-refractivity contribution in [3.8, 4) is 0 Å². The van der Waals surface area contributed by atoms with Crippen molar-refractivity contribution < 1.29 is 21.1 Å². The van der Waals surface area contributed by atoms with Crippen molar-refractivity contribution in [2.45, 2.75) is 19.3 Å². The summed E-state index contributed by atoms with van der Waals surface area (Å²) in [6.45, 7) is 0. The Labute approximate surface area is 143 Å². The molecule has 0 nitrogen and oxygen atoms in total. The van der Waals surface area contributed by atoms with E-state index in [2.05, 4.69) is 42.9 Å². The normalized spacial score (nSPS) is 11.8. The van der Waals surface area contributed by atoms with Crippen LogP contribution in [-0.2, 0) is 21.1 Å². The fraction of sp³-hybridized carbons (Fsp3) is 0.150. The minimum absolute atomic E-state index is 0. The van der Waals surface area contributed by atoms with Crippen molar-refractivity contribution in [1.82, 2.24) is 0 Å². The molecule has 1 aliphatic carbocycles. The Morgan fingerprint density at radius 2 is 1.14 bits per heavy atom. The largest absolute Gasteiger partial charge is 0.232 e. The van der Waals surface area contributed by atoms with Crippen LogP contribution in [0.5, 0.6) is 0 Å². The third-order valence-electron chi connectivity index (χ3n) is 2.43. The summed E-state index contributed by atoms with van der Waals surface area (Å²) < 4.78 is 0. The van der Waals surface area contributed by atoms with Gasteiger partial charge in [-0.05, 0) is 6.42 Å². The summed E-state index contributed by atoms with van der Waals surface area (Å²) in [5, 5.41) is 0. The van der Waals surface area contributed by atoms with Crippen LogP contribution >= 0.6 is 0 Å². The Balaban J connectivity index is 0.000000283. The quantitative estimate of drug-likeness (QED) is 0.365. The molecule has 21 heavy (non-hydrogen) atoms. The molecule has 0 atom stereocenters. The van der Waals surface area contributed by atoms with Crippen molar-refractivity contribution in [2.24, 2.45) is 0 Å². The zero-order chi connectivity index (χ0) is 14.1. The van der Waals surface area contributed by atoms with Gasteiger partial charge in [-0.15, -0.1) is 6.08 Å². The van der Waals surface area contributed by atoms with Gasteiger partial charge in [-0.2, -0.15) is 72.8 Å².